The normalized spacial score (nSPS) is 19.3. The lowest BCUT2D eigenvalue weighted by atomic mass is 9.99. The molecule has 1 aliphatic rings. The summed E-state index contributed by atoms with van der Waals surface area (Å²) in [5, 5.41) is 57.1. The van der Waals surface area contributed by atoms with Gasteiger partial charge in [0.25, 0.3) is 0 Å². The fraction of sp³-hybridized carbons (Fsp3) is 0.794. The number of carbonyl (C=O) groups is 2. The van der Waals surface area contributed by atoms with E-state index in [1.807, 2.05) is 36.5 Å². The average molecular weight is 1110 g/mol. The number of ether oxygens (including phenoxy) is 3. The largest absolute Gasteiger partial charge is 0.454 e. The molecule has 6 N–H and O–H groups in total. The van der Waals surface area contributed by atoms with Crippen molar-refractivity contribution < 1.29 is 49.3 Å². The minimum absolute atomic E-state index is 0.0957. The van der Waals surface area contributed by atoms with Crippen LogP contribution in [0.5, 0.6) is 0 Å². The number of aliphatic hydroxyl groups is 5. The van der Waals surface area contributed by atoms with Crippen LogP contribution in [0.2, 0.25) is 0 Å². The summed E-state index contributed by atoms with van der Waals surface area (Å²) < 4.78 is 17.6. The number of aliphatic hydroxyl groups excluding tert-OH is 5. The highest BCUT2D eigenvalue weighted by atomic mass is 16.7. The number of allylic oxidation sites excluding steroid dienone is 11. The molecule has 1 fully saturated rings. The van der Waals surface area contributed by atoms with Gasteiger partial charge in [0.2, 0.25) is 5.91 Å². The summed E-state index contributed by atoms with van der Waals surface area (Å²) in [6.45, 7) is 5.65. The Hall–Kier alpha value is -2.90. The first-order valence-electron chi connectivity index (χ1n) is 32.8. The summed E-state index contributed by atoms with van der Waals surface area (Å²) in [6, 6.07) is -1.03. The average Bonchev–Trinajstić information content (AvgIpc) is 3.50. The van der Waals surface area contributed by atoms with Crippen molar-refractivity contribution in [1.29, 1.82) is 0 Å². The SMILES string of the molecule is CC/C=C/C=C/C=C/C=C\CCCCCCCC(=O)OC1C(OCC(NC(=O)C(O)CCCCCCCCCCCCCC/C=C/CCCCCCCC)C(O)/C=C/CCCCCCCCCCCCC)OC(CO)C(O)C1O. The van der Waals surface area contributed by atoms with E-state index >= 15 is 0 Å². The highest BCUT2D eigenvalue weighted by Gasteiger charge is 2.47. The number of amides is 1. The predicted octanol–water partition coefficient (Wildman–Crippen LogP) is 16.0. The Bertz CT molecular complexity index is 1560. The lowest BCUT2D eigenvalue weighted by Crippen LogP contribution is -2.61. The van der Waals surface area contributed by atoms with Gasteiger partial charge in [-0.25, -0.2) is 0 Å². The smallest absolute Gasteiger partial charge is 0.306 e. The zero-order valence-corrected chi connectivity index (χ0v) is 50.7. The molecule has 0 spiro atoms. The maximum atomic E-state index is 13.5. The number of nitrogens with one attached hydrogen (secondary N) is 1. The second-order valence-corrected chi connectivity index (χ2v) is 22.6. The first-order valence-corrected chi connectivity index (χ1v) is 32.8. The van der Waals surface area contributed by atoms with Gasteiger partial charge in [0.1, 0.15) is 24.4 Å². The van der Waals surface area contributed by atoms with Crippen LogP contribution in [0.25, 0.3) is 0 Å². The predicted molar refractivity (Wildman–Crippen MR) is 329 cm³/mol. The highest BCUT2D eigenvalue weighted by Crippen LogP contribution is 2.26. The number of rotatable bonds is 55. The van der Waals surface area contributed by atoms with Crippen molar-refractivity contribution in [2.24, 2.45) is 0 Å². The Morgan fingerprint density at radius 1 is 0.506 bits per heavy atom. The van der Waals surface area contributed by atoms with Gasteiger partial charge in [-0.3, -0.25) is 9.59 Å². The second kappa shape index (κ2) is 55.6. The molecule has 0 aliphatic carbocycles. The standard InChI is InChI=1S/C68H121NO10/c1-4-7-10-13-16-19-22-25-27-28-29-30-31-32-33-35-37-40-43-46-49-52-55-61(72)67(76)69-59(60(71)54-51-48-45-42-39-36-24-21-18-15-12-9-6-3)58-77-68-66(65(75)64(74)62(57-70)78-68)79-63(73)56-53-50-47-44-41-38-34-26-23-20-17-14-11-8-5-2/h8,11,14,17,20,23,25-27,34,51,54,59-62,64-66,68,70-72,74-75H,4-7,9-10,12-13,15-16,18-19,21-22,24,28-33,35-50,52-53,55-58H2,1-3H3,(H,69,76)/b11-8+,17-14+,23-20+,27-25+,34-26-,54-51+. The Balaban J connectivity index is 2.65. The summed E-state index contributed by atoms with van der Waals surface area (Å²) in [7, 11) is 0. The maximum Gasteiger partial charge on any atom is 0.306 e. The fourth-order valence-electron chi connectivity index (χ4n) is 10.0. The molecule has 1 saturated heterocycles. The molecular formula is C68H121NO10. The lowest BCUT2D eigenvalue weighted by Gasteiger charge is -2.41. The third-order valence-corrected chi connectivity index (χ3v) is 15.2. The van der Waals surface area contributed by atoms with Gasteiger partial charge >= 0.3 is 5.97 Å². The van der Waals surface area contributed by atoms with Crippen molar-refractivity contribution in [3.05, 3.63) is 72.9 Å². The molecular weight excluding hydrogens is 991 g/mol. The molecule has 0 saturated carbocycles. The van der Waals surface area contributed by atoms with E-state index < -0.39 is 67.4 Å². The highest BCUT2D eigenvalue weighted by molar-refractivity contribution is 5.80. The van der Waals surface area contributed by atoms with Crippen LogP contribution < -0.4 is 5.32 Å². The van der Waals surface area contributed by atoms with Crippen LogP contribution in [-0.2, 0) is 23.8 Å². The summed E-state index contributed by atoms with van der Waals surface area (Å²) >= 11 is 0. The molecule has 1 heterocycles. The van der Waals surface area contributed by atoms with E-state index in [9.17, 15) is 35.1 Å². The Labute approximate surface area is 483 Å². The second-order valence-electron chi connectivity index (χ2n) is 22.6. The third kappa shape index (κ3) is 43.5. The number of esters is 1. The molecule has 1 amide bonds. The Morgan fingerprint density at radius 2 is 0.924 bits per heavy atom. The van der Waals surface area contributed by atoms with Gasteiger partial charge in [0.05, 0.1) is 25.4 Å². The minimum Gasteiger partial charge on any atom is -0.454 e. The summed E-state index contributed by atoms with van der Waals surface area (Å²) in [5.74, 6) is -1.22. The summed E-state index contributed by atoms with van der Waals surface area (Å²) in [5.41, 5.74) is 0. The summed E-state index contributed by atoms with van der Waals surface area (Å²) in [4.78, 5) is 26.6. The van der Waals surface area contributed by atoms with Gasteiger partial charge in [-0.05, 0) is 70.6 Å². The topological polar surface area (TPSA) is 175 Å². The Kier molecular flexibility index (Phi) is 52.2. The molecule has 11 nitrogen and oxygen atoms in total. The maximum absolute atomic E-state index is 13.5. The van der Waals surface area contributed by atoms with Crippen molar-refractivity contribution in [2.45, 2.75) is 333 Å². The zero-order valence-electron chi connectivity index (χ0n) is 50.7. The molecule has 1 rings (SSSR count). The van der Waals surface area contributed by atoms with Crippen molar-refractivity contribution in [2.75, 3.05) is 13.2 Å². The van der Waals surface area contributed by atoms with Gasteiger partial charge in [0, 0.05) is 6.42 Å². The molecule has 8 atom stereocenters. The van der Waals surface area contributed by atoms with Crippen molar-refractivity contribution >= 4 is 11.9 Å². The van der Waals surface area contributed by atoms with Crippen LogP contribution in [0.3, 0.4) is 0 Å². The molecule has 0 aromatic carbocycles. The van der Waals surface area contributed by atoms with E-state index in [4.69, 9.17) is 14.2 Å². The van der Waals surface area contributed by atoms with Crippen LogP contribution in [0, 0.1) is 0 Å². The minimum atomic E-state index is -1.63. The van der Waals surface area contributed by atoms with Gasteiger partial charge in [-0.2, -0.15) is 0 Å². The quantitative estimate of drug-likeness (QED) is 0.0149. The van der Waals surface area contributed by atoms with E-state index in [2.05, 4.69) is 56.5 Å². The number of carbonyl (C=O) groups excluding carboxylic acids is 2. The summed E-state index contributed by atoms with van der Waals surface area (Å²) in [6.07, 6.45) is 60.8. The van der Waals surface area contributed by atoms with Crippen LogP contribution in [-0.4, -0.2) is 99.6 Å². The Morgan fingerprint density at radius 3 is 1.41 bits per heavy atom. The third-order valence-electron chi connectivity index (χ3n) is 15.2. The van der Waals surface area contributed by atoms with Crippen LogP contribution >= 0.6 is 0 Å². The van der Waals surface area contributed by atoms with E-state index in [-0.39, 0.29) is 19.4 Å². The zero-order chi connectivity index (χ0) is 57.5. The molecule has 8 unspecified atom stereocenters. The first-order chi connectivity index (χ1) is 38.7. The van der Waals surface area contributed by atoms with Crippen molar-refractivity contribution in [1.82, 2.24) is 5.32 Å². The van der Waals surface area contributed by atoms with Gasteiger partial charge < -0.3 is 45.1 Å². The molecule has 11 heteroatoms. The molecule has 0 aromatic heterocycles. The van der Waals surface area contributed by atoms with Gasteiger partial charge in [0.15, 0.2) is 12.4 Å². The molecule has 79 heavy (non-hydrogen) atoms. The van der Waals surface area contributed by atoms with Crippen molar-refractivity contribution in [3.63, 3.8) is 0 Å². The fourth-order valence-corrected chi connectivity index (χ4v) is 10.0. The van der Waals surface area contributed by atoms with E-state index in [1.54, 1.807) is 6.08 Å². The first kappa shape index (κ1) is 74.1. The van der Waals surface area contributed by atoms with Crippen LogP contribution in [0.15, 0.2) is 72.9 Å². The number of hydrogen-bond acceptors (Lipinski definition) is 10. The van der Waals surface area contributed by atoms with E-state index in [0.717, 1.165) is 77.0 Å². The molecule has 0 radical (unpaired) electrons. The molecule has 0 bridgehead atoms. The van der Waals surface area contributed by atoms with Crippen molar-refractivity contribution in [3.8, 4) is 0 Å². The molecule has 1 aliphatic heterocycles. The van der Waals surface area contributed by atoms with E-state index in [1.165, 1.54) is 161 Å². The van der Waals surface area contributed by atoms with Crippen LogP contribution in [0.4, 0.5) is 0 Å². The van der Waals surface area contributed by atoms with E-state index in [0.29, 0.717) is 12.8 Å². The van der Waals surface area contributed by atoms with Crippen LogP contribution in [0.1, 0.15) is 284 Å². The number of hydrogen-bond donors (Lipinski definition) is 6. The lowest BCUT2D eigenvalue weighted by molar-refractivity contribution is -0.305. The monoisotopic (exact) mass is 1110 g/mol. The molecule has 458 valence electrons. The molecule has 0 aromatic rings. The number of unbranched alkanes of at least 4 members (excludes halogenated alkanes) is 34. The van der Waals surface area contributed by atoms with Gasteiger partial charge in [-0.15, -0.1) is 0 Å². The van der Waals surface area contributed by atoms with Gasteiger partial charge in [-0.1, -0.05) is 280 Å².